The molecule has 22 heavy (non-hydrogen) atoms. The number of nitrogens with zero attached hydrogens (tertiary/aromatic N) is 5. The molecule has 112 valence electrons. The van der Waals surface area contributed by atoms with Gasteiger partial charge < -0.3 is 4.90 Å². The van der Waals surface area contributed by atoms with E-state index in [0.717, 1.165) is 41.4 Å². The fourth-order valence-electron chi connectivity index (χ4n) is 3.00. The minimum atomic E-state index is -0.0219. The Morgan fingerprint density at radius 3 is 3.09 bits per heavy atom. The number of hydrogen-bond acceptors (Lipinski definition) is 5. The molecule has 1 fully saturated rings. The summed E-state index contributed by atoms with van der Waals surface area (Å²) < 4.78 is 1.97. The molecule has 0 unspecified atom stereocenters. The number of carbonyl (C=O) groups excluding carboxylic acids is 1. The highest BCUT2D eigenvalue weighted by Gasteiger charge is 2.34. The molecule has 1 amide bonds. The number of amides is 1. The second-order valence-electron chi connectivity index (χ2n) is 5.41. The van der Waals surface area contributed by atoms with Gasteiger partial charge in [-0.05, 0) is 31.9 Å². The molecule has 0 saturated carbocycles. The van der Waals surface area contributed by atoms with Crippen LogP contribution in [0, 0.1) is 6.92 Å². The minimum absolute atomic E-state index is 0.0219. The molecule has 0 spiro atoms. The lowest BCUT2D eigenvalue weighted by Gasteiger charge is -2.23. The van der Waals surface area contributed by atoms with Crippen LogP contribution in [0.2, 0.25) is 0 Å². The molecule has 0 N–H and O–H groups in total. The van der Waals surface area contributed by atoms with Crippen molar-refractivity contribution in [3.63, 3.8) is 0 Å². The number of rotatable bonds is 2. The largest absolute Gasteiger partial charge is 0.328 e. The van der Waals surface area contributed by atoms with E-state index in [1.807, 2.05) is 40.6 Å². The number of aryl methyl sites for hydroxylation is 1. The van der Waals surface area contributed by atoms with Gasteiger partial charge in [-0.2, -0.15) is 0 Å². The summed E-state index contributed by atoms with van der Waals surface area (Å²) >= 11 is 1.40. The summed E-state index contributed by atoms with van der Waals surface area (Å²) in [6.45, 7) is 2.63. The first-order valence-corrected chi connectivity index (χ1v) is 8.14. The lowest BCUT2D eigenvalue weighted by Crippen LogP contribution is -2.31. The van der Waals surface area contributed by atoms with Crippen molar-refractivity contribution in [2.45, 2.75) is 25.8 Å². The van der Waals surface area contributed by atoms with Crippen molar-refractivity contribution in [3.8, 4) is 0 Å². The smallest absolute Gasteiger partial charge is 0.266 e. The second-order valence-corrected chi connectivity index (χ2v) is 6.27. The summed E-state index contributed by atoms with van der Waals surface area (Å²) in [7, 11) is 0. The molecule has 1 aliphatic rings. The van der Waals surface area contributed by atoms with E-state index >= 15 is 0 Å². The van der Waals surface area contributed by atoms with Gasteiger partial charge in [0.1, 0.15) is 4.88 Å². The van der Waals surface area contributed by atoms with E-state index in [-0.39, 0.29) is 11.9 Å². The molecule has 4 rings (SSSR count). The SMILES string of the molecule is Cc1ncsc1C(=O)N1CCC[C@H]1c1nnc2ccccn12. The van der Waals surface area contributed by atoms with Crippen molar-refractivity contribution in [1.29, 1.82) is 0 Å². The Morgan fingerprint density at radius 1 is 1.36 bits per heavy atom. The van der Waals surface area contributed by atoms with Gasteiger partial charge in [-0.15, -0.1) is 21.5 Å². The number of likely N-dealkylation sites (tertiary alicyclic amines) is 1. The van der Waals surface area contributed by atoms with Crippen LogP contribution in [0.4, 0.5) is 0 Å². The van der Waals surface area contributed by atoms with Gasteiger partial charge in [0.15, 0.2) is 11.5 Å². The summed E-state index contributed by atoms with van der Waals surface area (Å²) in [5, 5.41) is 8.52. The molecule has 0 radical (unpaired) electrons. The molecule has 0 bridgehead atoms. The van der Waals surface area contributed by atoms with Gasteiger partial charge in [0.2, 0.25) is 0 Å². The zero-order valence-electron chi connectivity index (χ0n) is 12.1. The van der Waals surface area contributed by atoms with Crippen LogP contribution in [0.1, 0.15) is 40.1 Å². The fourth-order valence-corrected chi connectivity index (χ4v) is 3.76. The zero-order valence-corrected chi connectivity index (χ0v) is 13.0. The topological polar surface area (TPSA) is 63.4 Å². The van der Waals surface area contributed by atoms with Crippen LogP contribution in [-0.2, 0) is 0 Å². The van der Waals surface area contributed by atoms with Gasteiger partial charge in [0.25, 0.3) is 5.91 Å². The zero-order chi connectivity index (χ0) is 15.1. The third kappa shape index (κ3) is 2.00. The van der Waals surface area contributed by atoms with E-state index in [4.69, 9.17) is 0 Å². The summed E-state index contributed by atoms with van der Waals surface area (Å²) in [6.07, 6.45) is 3.85. The van der Waals surface area contributed by atoms with Crippen molar-refractivity contribution in [3.05, 3.63) is 46.3 Å². The van der Waals surface area contributed by atoms with Crippen molar-refractivity contribution < 1.29 is 4.79 Å². The average Bonchev–Trinajstić information content (AvgIpc) is 3.24. The second kappa shape index (κ2) is 5.17. The maximum atomic E-state index is 12.8. The summed E-state index contributed by atoms with van der Waals surface area (Å²) in [6, 6.07) is 5.79. The first kappa shape index (κ1) is 13.4. The van der Waals surface area contributed by atoms with Crippen LogP contribution in [0.3, 0.4) is 0 Å². The molecule has 4 heterocycles. The Hall–Kier alpha value is -2.28. The van der Waals surface area contributed by atoms with E-state index in [1.165, 1.54) is 11.3 Å². The maximum Gasteiger partial charge on any atom is 0.266 e. The summed E-state index contributed by atoms with van der Waals surface area (Å²) in [4.78, 5) is 19.6. The Kier molecular flexibility index (Phi) is 3.15. The van der Waals surface area contributed by atoms with Crippen LogP contribution in [0.15, 0.2) is 29.9 Å². The van der Waals surface area contributed by atoms with Gasteiger partial charge in [-0.3, -0.25) is 9.20 Å². The van der Waals surface area contributed by atoms with Crippen molar-refractivity contribution in [1.82, 2.24) is 24.5 Å². The third-order valence-electron chi connectivity index (χ3n) is 4.09. The highest BCUT2D eigenvalue weighted by atomic mass is 32.1. The Balaban J connectivity index is 1.72. The Morgan fingerprint density at radius 2 is 2.27 bits per heavy atom. The first-order chi connectivity index (χ1) is 10.8. The number of thiazole rings is 1. The van der Waals surface area contributed by atoms with Crippen LogP contribution in [0.5, 0.6) is 0 Å². The molecule has 7 heteroatoms. The van der Waals surface area contributed by atoms with E-state index in [0.29, 0.717) is 0 Å². The van der Waals surface area contributed by atoms with Crippen LogP contribution in [-0.4, -0.2) is 36.9 Å². The van der Waals surface area contributed by atoms with Gasteiger partial charge in [0.05, 0.1) is 17.2 Å². The van der Waals surface area contributed by atoms with E-state index in [1.54, 1.807) is 5.51 Å². The van der Waals surface area contributed by atoms with Gasteiger partial charge >= 0.3 is 0 Å². The van der Waals surface area contributed by atoms with Gasteiger partial charge in [-0.1, -0.05) is 6.07 Å². The lowest BCUT2D eigenvalue weighted by molar-refractivity contribution is 0.0733. The minimum Gasteiger partial charge on any atom is -0.328 e. The van der Waals surface area contributed by atoms with Gasteiger partial charge in [-0.25, -0.2) is 4.98 Å². The molecular weight excluding hydrogens is 298 g/mol. The van der Waals surface area contributed by atoms with Crippen LogP contribution >= 0.6 is 11.3 Å². The summed E-state index contributed by atoms with van der Waals surface area (Å²) in [5.74, 6) is 0.888. The number of fused-ring (bicyclic) bond motifs is 1. The van der Waals surface area contributed by atoms with E-state index in [2.05, 4.69) is 15.2 Å². The average molecular weight is 313 g/mol. The molecule has 1 atom stereocenters. The Labute approximate surface area is 131 Å². The van der Waals surface area contributed by atoms with Crippen molar-refractivity contribution in [2.24, 2.45) is 0 Å². The first-order valence-electron chi connectivity index (χ1n) is 7.26. The van der Waals surface area contributed by atoms with Crippen molar-refractivity contribution in [2.75, 3.05) is 6.54 Å². The highest BCUT2D eigenvalue weighted by Crippen LogP contribution is 2.33. The quantitative estimate of drug-likeness (QED) is 0.729. The standard InChI is InChI=1S/C15H15N5OS/c1-10-13(22-9-16-10)15(21)19-8-4-5-11(19)14-18-17-12-6-2-3-7-20(12)14/h2-3,6-7,9,11H,4-5,8H2,1H3/t11-/m0/s1. The predicted octanol–water partition coefficient (Wildman–Crippen LogP) is 2.47. The van der Waals surface area contributed by atoms with Crippen molar-refractivity contribution >= 4 is 22.9 Å². The normalized spacial score (nSPS) is 18.2. The fraction of sp³-hybridized carbons (Fsp3) is 0.333. The molecule has 0 aliphatic carbocycles. The number of aromatic nitrogens is 4. The Bertz CT molecular complexity index is 839. The molecule has 0 aromatic carbocycles. The number of carbonyl (C=O) groups is 1. The molecule has 3 aromatic rings. The molecule has 6 nitrogen and oxygen atoms in total. The lowest BCUT2D eigenvalue weighted by atomic mass is 10.2. The predicted molar refractivity (Wildman–Crippen MR) is 82.8 cm³/mol. The summed E-state index contributed by atoms with van der Waals surface area (Å²) in [5.41, 5.74) is 3.33. The van der Waals surface area contributed by atoms with E-state index in [9.17, 15) is 4.79 Å². The molecular formula is C15H15N5OS. The van der Waals surface area contributed by atoms with Gasteiger partial charge in [0, 0.05) is 12.7 Å². The number of pyridine rings is 1. The third-order valence-corrected chi connectivity index (χ3v) is 5.01. The monoisotopic (exact) mass is 313 g/mol. The van der Waals surface area contributed by atoms with Crippen LogP contribution in [0.25, 0.3) is 5.65 Å². The molecule has 1 saturated heterocycles. The maximum absolute atomic E-state index is 12.8. The molecule has 1 aliphatic heterocycles. The van der Waals surface area contributed by atoms with E-state index < -0.39 is 0 Å². The number of hydrogen-bond donors (Lipinski definition) is 0. The highest BCUT2D eigenvalue weighted by molar-refractivity contribution is 7.11. The van der Waals surface area contributed by atoms with Crippen LogP contribution < -0.4 is 0 Å². The molecule has 3 aromatic heterocycles.